The maximum absolute atomic E-state index is 12.4. The van der Waals surface area contributed by atoms with Gasteiger partial charge in [-0.3, -0.25) is 4.79 Å². The van der Waals surface area contributed by atoms with E-state index in [9.17, 15) is 9.90 Å². The number of hydrogen-bond acceptors (Lipinski definition) is 5. The van der Waals surface area contributed by atoms with Crippen molar-refractivity contribution in [2.45, 2.75) is 19.4 Å². The number of amides is 1. The van der Waals surface area contributed by atoms with Gasteiger partial charge in [-0.25, -0.2) is 4.98 Å². The van der Waals surface area contributed by atoms with Crippen LogP contribution >= 0.6 is 11.3 Å². The van der Waals surface area contributed by atoms with Crippen LogP contribution in [0.3, 0.4) is 0 Å². The Bertz CT molecular complexity index is 824. The van der Waals surface area contributed by atoms with Gasteiger partial charge in [-0.15, -0.1) is 11.3 Å². The molecule has 0 aliphatic rings. The number of pyridine rings is 1. The summed E-state index contributed by atoms with van der Waals surface area (Å²) in [6, 6.07) is 10.8. The third-order valence-electron chi connectivity index (χ3n) is 3.75. The second-order valence-electron chi connectivity index (χ2n) is 5.74. The zero-order chi connectivity index (χ0) is 17.2. The van der Waals surface area contributed by atoms with Crippen LogP contribution in [0.4, 0.5) is 0 Å². The molecule has 0 saturated heterocycles. The molecule has 0 spiro atoms. The van der Waals surface area contributed by atoms with Crippen molar-refractivity contribution < 1.29 is 14.3 Å². The van der Waals surface area contributed by atoms with Crippen molar-refractivity contribution in [3.8, 4) is 11.5 Å². The molecule has 0 aromatic carbocycles. The summed E-state index contributed by atoms with van der Waals surface area (Å²) in [5.41, 5.74) is 0.670. The quantitative estimate of drug-likeness (QED) is 0.745. The number of rotatable bonds is 5. The van der Waals surface area contributed by atoms with Gasteiger partial charge in [0.1, 0.15) is 11.3 Å². The molecule has 5 nitrogen and oxygen atoms in total. The Labute approximate surface area is 144 Å². The first kappa shape index (κ1) is 16.4. The Morgan fingerprint density at radius 1 is 1.33 bits per heavy atom. The first-order valence-corrected chi connectivity index (χ1v) is 8.41. The minimum Gasteiger partial charge on any atom is -0.463 e. The van der Waals surface area contributed by atoms with Gasteiger partial charge in [0.2, 0.25) is 0 Å². The fraction of sp³-hybridized carbons (Fsp3) is 0.222. The van der Waals surface area contributed by atoms with Crippen LogP contribution in [0.15, 0.2) is 52.5 Å². The number of aliphatic hydroxyl groups is 1. The van der Waals surface area contributed by atoms with Gasteiger partial charge in [-0.1, -0.05) is 6.07 Å². The van der Waals surface area contributed by atoms with Crippen LogP contribution in [0.2, 0.25) is 0 Å². The molecule has 1 amide bonds. The van der Waals surface area contributed by atoms with Crippen LogP contribution < -0.4 is 5.32 Å². The molecule has 124 valence electrons. The molecule has 6 heteroatoms. The average Bonchev–Trinajstić information content (AvgIpc) is 3.25. The molecule has 0 fully saturated rings. The highest BCUT2D eigenvalue weighted by molar-refractivity contribution is 7.10. The van der Waals surface area contributed by atoms with E-state index in [-0.39, 0.29) is 12.5 Å². The highest BCUT2D eigenvalue weighted by atomic mass is 32.1. The summed E-state index contributed by atoms with van der Waals surface area (Å²) in [6.07, 6.45) is 1.58. The third kappa shape index (κ3) is 3.39. The maximum Gasteiger partial charge on any atom is 0.253 e. The van der Waals surface area contributed by atoms with Gasteiger partial charge in [0, 0.05) is 4.88 Å². The largest absolute Gasteiger partial charge is 0.463 e. The van der Waals surface area contributed by atoms with Crippen molar-refractivity contribution >= 4 is 17.2 Å². The number of carbonyl (C=O) groups is 1. The number of hydrogen-bond donors (Lipinski definition) is 2. The first-order chi connectivity index (χ1) is 11.5. The van der Waals surface area contributed by atoms with Crippen LogP contribution in [0.5, 0.6) is 0 Å². The Kier molecular flexibility index (Phi) is 4.51. The lowest BCUT2D eigenvalue weighted by atomic mass is 10.0. The smallest absolute Gasteiger partial charge is 0.253 e. The molecule has 0 bridgehead atoms. The van der Waals surface area contributed by atoms with Crippen LogP contribution in [-0.4, -0.2) is 22.5 Å². The minimum absolute atomic E-state index is 0.131. The van der Waals surface area contributed by atoms with E-state index in [1.54, 1.807) is 38.3 Å². The molecule has 3 rings (SSSR count). The number of aromatic nitrogens is 1. The number of furan rings is 1. The molecule has 24 heavy (non-hydrogen) atoms. The van der Waals surface area contributed by atoms with Gasteiger partial charge < -0.3 is 14.8 Å². The standard InChI is InChI=1S/C18H18N2O3S/c1-12-13(7-8-14(20-12)15-5-3-9-23-15)17(21)19-11-18(2,22)16-6-4-10-24-16/h3-10,22H,11H2,1-2H3,(H,19,21). The summed E-state index contributed by atoms with van der Waals surface area (Å²) >= 11 is 1.46. The molecule has 1 unspecified atom stereocenters. The normalized spacial score (nSPS) is 13.5. The Balaban J connectivity index is 1.71. The summed E-state index contributed by atoms with van der Waals surface area (Å²) in [5.74, 6) is 0.397. The molecule has 1 atom stereocenters. The molecule has 0 radical (unpaired) electrons. The predicted molar refractivity (Wildman–Crippen MR) is 92.9 cm³/mol. The van der Waals surface area contributed by atoms with E-state index in [1.807, 2.05) is 23.6 Å². The summed E-state index contributed by atoms with van der Waals surface area (Å²) in [7, 11) is 0. The lowest BCUT2D eigenvalue weighted by Crippen LogP contribution is -2.38. The molecule has 3 heterocycles. The van der Waals surface area contributed by atoms with E-state index >= 15 is 0 Å². The molecular formula is C18H18N2O3S. The zero-order valence-corrected chi connectivity index (χ0v) is 14.3. The number of aryl methyl sites for hydroxylation is 1. The predicted octanol–water partition coefficient (Wildman–Crippen LogP) is 3.35. The SMILES string of the molecule is Cc1nc(-c2ccco2)ccc1C(=O)NCC(C)(O)c1cccs1. The van der Waals surface area contributed by atoms with Gasteiger partial charge in [0.05, 0.1) is 24.1 Å². The molecule has 3 aromatic heterocycles. The van der Waals surface area contributed by atoms with Crippen LogP contribution in [0, 0.1) is 6.92 Å². The monoisotopic (exact) mass is 342 g/mol. The van der Waals surface area contributed by atoms with Crippen LogP contribution in [0.25, 0.3) is 11.5 Å². The minimum atomic E-state index is -1.10. The lowest BCUT2D eigenvalue weighted by Gasteiger charge is -2.22. The molecule has 0 aliphatic carbocycles. The summed E-state index contributed by atoms with van der Waals surface area (Å²) in [6.45, 7) is 3.59. The molecule has 3 aromatic rings. The number of carbonyl (C=O) groups excluding carboxylic acids is 1. The summed E-state index contributed by atoms with van der Waals surface area (Å²) in [4.78, 5) is 17.6. The Hall–Kier alpha value is -2.44. The van der Waals surface area contributed by atoms with Gasteiger partial charge in [0.25, 0.3) is 5.91 Å². The van der Waals surface area contributed by atoms with Crippen molar-refractivity contribution in [2.24, 2.45) is 0 Å². The zero-order valence-electron chi connectivity index (χ0n) is 13.4. The fourth-order valence-corrected chi connectivity index (χ4v) is 3.17. The first-order valence-electron chi connectivity index (χ1n) is 7.53. The second kappa shape index (κ2) is 6.59. The Morgan fingerprint density at radius 2 is 2.17 bits per heavy atom. The van der Waals surface area contributed by atoms with Crippen molar-refractivity contribution in [3.63, 3.8) is 0 Å². The van der Waals surface area contributed by atoms with Gasteiger partial charge >= 0.3 is 0 Å². The van der Waals surface area contributed by atoms with Gasteiger partial charge in [-0.05, 0) is 49.6 Å². The summed E-state index contributed by atoms with van der Waals surface area (Å²) < 4.78 is 5.31. The summed E-state index contributed by atoms with van der Waals surface area (Å²) in [5, 5.41) is 15.1. The van der Waals surface area contributed by atoms with Gasteiger partial charge in [0.15, 0.2) is 5.76 Å². The van der Waals surface area contributed by atoms with E-state index in [1.165, 1.54) is 11.3 Å². The Morgan fingerprint density at radius 3 is 2.79 bits per heavy atom. The molecule has 0 aliphatic heterocycles. The van der Waals surface area contributed by atoms with Crippen LogP contribution in [-0.2, 0) is 5.60 Å². The molecule has 0 saturated carbocycles. The highest BCUT2D eigenvalue weighted by Crippen LogP contribution is 2.24. The van der Waals surface area contributed by atoms with E-state index < -0.39 is 5.60 Å². The fourth-order valence-electron chi connectivity index (χ4n) is 2.38. The topological polar surface area (TPSA) is 75.4 Å². The van der Waals surface area contributed by atoms with Gasteiger partial charge in [-0.2, -0.15) is 0 Å². The number of nitrogens with zero attached hydrogens (tertiary/aromatic N) is 1. The maximum atomic E-state index is 12.4. The molecule has 2 N–H and O–H groups in total. The number of thiophene rings is 1. The van der Waals surface area contributed by atoms with Crippen molar-refractivity contribution in [2.75, 3.05) is 6.54 Å². The van der Waals surface area contributed by atoms with Crippen molar-refractivity contribution in [1.29, 1.82) is 0 Å². The van der Waals surface area contributed by atoms with E-state index in [4.69, 9.17) is 4.42 Å². The number of nitrogens with one attached hydrogen (secondary N) is 1. The van der Waals surface area contributed by atoms with Crippen molar-refractivity contribution in [3.05, 3.63) is 64.2 Å². The third-order valence-corrected chi connectivity index (χ3v) is 4.87. The van der Waals surface area contributed by atoms with E-state index in [0.717, 1.165) is 4.88 Å². The second-order valence-corrected chi connectivity index (χ2v) is 6.69. The van der Waals surface area contributed by atoms with Crippen LogP contribution in [0.1, 0.15) is 27.9 Å². The van der Waals surface area contributed by atoms with E-state index in [0.29, 0.717) is 22.7 Å². The lowest BCUT2D eigenvalue weighted by molar-refractivity contribution is 0.0556. The molecular weight excluding hydrogens is 324 g/mol. The average molecular weight is 342 g/mol. The van der Waals surface area contributed by atoms with E-state index in [2.05, 4.69) is 10.3 Å². The van der Waals surface area contributed by atoms with Crippen molar-refractivity contribution in [1.82, 2.24) is 10.3 Å². The highest BCUT2D eigenvalue weighted by Gasteiger charge is 2.25.